The number of H-pyrrole nitrogens is 1. The Morgan fingerprint density at radius 2 is 2.00 bits per heavy atom. The number of hydrogen-bond donors (Lipinski definition) is 1. The van der Waals surface area contributed by atoms with E-state index in [0.717, 1.165) is 11.8 Å². The number of hydrogen-bond acceptors (Lipinski definition) is 0. The Hall–Kier alpha value is -0.720. The van der Waals surface area contributed by atoms with Crippen molar-refractivity contribution in [3.05, 3.63) is 23.5 Å². The van der Waals surface area contributed by atoms with Crippen LogP contribution in [-0.4, -0.2) is 4.98 Å². The van der Waals surface area contributed by atoms with Crippen LogP contribution in [-0.2, 0) is 0 Å². The predicted octanol–water partition coefficient (Wildman–Crippen LogP) is 2.77. The number of fused-ring (bicyclic) bond motifs is 4. The molecular formula is C10H13N. The molecule has 2 aliphatic carbocycles. The van der Waals surface area contributed by atoms with Crippen LogP contribution < -0.4 is 0 Å². The van der Waals surface area contributed by atoms with Gasteiger partial charge in [-0.1, -0.05) is 12.8 Å². The van der Waals surface area contributed by atoms with Gasteiger partial charge >= 0.3 is 0 Å². The van der Waals surface area contributed by atoms with Gasteiger partial charge in [-0.3, -0.25) is 0 Å². The second-order valence-electron chi connectivity index (χ2n) is 3.84. The molecule has 0 amide bonds. The Morgan fingerprint density at radius 3 is 2.91 bits per heavy atom. The molecule has 11 heavy (non-hydrogen) atoms. The van der Waals surface area contributed by atoms with E-state index in [9.17, 15) is 0 Å². The molecule has 0 bridgehead atoms. The van der Waals surface area contributed by atoms with Crippen LogP contribution in [0.2, 0.25) is 0 Å². The number of rotatable bonds is 0. The summed E-state index contributed by atoms with van der Waals surface area (Å²) in [6.07, 6.45) is 7.86. The zero-order valence-electron chi connectivity index (χ0n) is 6.64. The number of aromatic amines is 1. The van der Waals surface area contributed by atoms with Crippen LogP contribution in [0.1, 0.15) is 48.8 Å². The van der Waals surface area contributed by atoms with E-state index in [-0.39, 0.29) is 0 Å². The highest BCUT2D eigenvalue weighted by Crippen LogP contribution is 2.53. The molecule has 1 heterocycles. The fraction of sp³-hybridized carbons (Fsp3) is 0.600. The molecule has 2 atom stereocenters. The van der Waals surface area contributed by atoms with Gasteiger partial charge in [-0.2, -0.15) is 0 Å². The molecule has 0 spiro atoms. The van der Waals surface area contributed by atoms with Crippen LogP contribution in [0, 0.1) is 0 Å². The van der Waals surface area contributed by atoms with E-state index in [0.29, 0.717) is 0 Å². The van der Waals surface area contributed by atoms with Gasteiger partial charge in [0.1, 0.15) is 0 Å². The van der Waals surface area contributed by atoms with Crippen molar-refractivity contribution in [2.75, 3.05) is 0 Å². The molecule has 1 nitrogen and oxygen atoms in total. The van der Waals surface area contributed by atoms with E-state index in [2.05, 4.69) is 17.2 Å². The van der Waals surface area contributed by atoms with Gasteiger partial charge in [-0.15, -0.1) is 0 Å². The minimum atomic E-state index is 0.911. The third kappa shape index (κ3) is 0.615. The first-order chi connectivity index (χ1) is 5.47. The fourth-order valence-corrected chi connectivity index (χ4v) is 2.79. The summed E-state index contributed by atoms with van der Waals surface area (Å²) in [7, 11) is 0. The predicted molar refractivity (Wildman–Crippen MR) is 44.7 cm³/mol. The van der Waals surface area contributed by atoms with Crippen molar-refractivity contribution in [3.63, 3.8) is 0 Å². The second-order valence-corrected chi connectivity index (χ2v) is 3.84. The molecule has 0 saturated heterocycles. The Labute approximate surface area is 66.8 Å². The topological polar surface area (TPSA) is 15.8 Å². The maximum Gasteiger partial charge on any atom is 0.0220 e. The van der Waals surface area contributed by atoms with E-state index >= 15 is 0 Å². The average Bonchev–Trinajstić information content (AvgIpc) is 2.44. The van der Waals surface area contributed by atoms with Crippen LogP contribution in [0.3, 0.4) is 0 Å². The van der Waals surface area contributed by atoms with Gasteiger partial charge in [0.2, 0.25) is 0 Å². The molecule has 2 unspecified atom stereocenters. The Morgan fingerprint density at radius 1 is 1.18 bits per heavy atom. The summed E-state index contributed by atoms with van der Waals surface area (Å²) in [5.41, 5.74) is 3.17. The molecule has 1 aromatic heterocycles. The lowest BCUT2D eigenvalue weighted by Gasteiger charge is -2.40. The first-order valence-electron chi connectivity index (χ1n) is 4.64. The molecule has 58 valence electrons. The normalized spacial score (nSPS) is 33.8. The van der Waals surface area contributed by atoms with E-state index in [1.165, 1.54) is 25.7 Å². The molecule has 2 aliphatic rings. The standard InChI is InChI=1S/C10H13N/c1-2-4-8-7(3-1)9-5-6-11-10(8)9/h5-8,11H,1-4H2. The smallest absolute Gasteiger partial charge is 0.0220 e. The quantitative estimate of drug-likeness (QED) is 0.580. The molecule has 0 aromatic carbocycles. The van der Waals surface area contributed by atoms with Crippen molar-refractivity contribution < 1.29 is 0 Å². The maximum atomic E-state index is 3.35. The number of nitrogens with one attached hydrogen (secondary N) is 1. The minimum absolute atomic E-state index is 0.911. The van der Waals surface area contributed by atoms with E-state index in [1.54, 1.807) is 11.3 Å². The van der Waals surface area contributed by atoms with Crippen LogP contribution in [0.25, 0.3) is 0 Å². The van der Waals surface area contributed by atoms with Crippen molar-refractivity contribution in [2.24, 2.45) is 0 Å². The Balaban J connectivity index is 2.02. The molecule has 1 fully saturated rings. The van der Waals surface area contributed by atoms with Crippen molar-refractivity contribution in [2.45, 2.75) is 37.5 Å². The Kier molecular flexibility index (Phi) is 1.02. The number of aromatic nitrogens is 1. The summed E-state index contributed by atoms with van der Waals surface area (Å²) >= 11 is 0. The highest BCUT2D eigenvalue weighted by atomic mass is 14.7. The molecule has 1 saturated carbocycles. The summed E-state index contributed by atoms with van der Waals surface area (Å²) < 4.78 is 0. The second kappa shape index (κ2) is 1.90. The molecular weight excluding hydrogens is 134 g/mol. The van der Waals surface area contributed by atoms with Crippen molar-refractivity contribution in [1.29, 1.82) is 0 Å². The van der Waals surface area contributed by atoms with Gasteiger partial charge in [0.15, 0.2) is 0 Å². The third-order valence-electron chi connectivity index (χ3n) is 3.35. The molecule has 1 heteroatoms. The van der Waals surface area contributed by atoms with Gasteiger partial charge in [-0.05, 0) is 30.4 Å². The minimum Gasteiger partial charge on any atom is -0.365 e. The van der Waals surface area contributed by atoms with Gasteiger partial charge in [0.25, 0.3) is 0 Å². The average molecular weight is 147 g/mol. The van der Waals surface area contributed by atoms with Crippen molar-refractivity contribution in [3.8, 4) is 0 Å². The van der Waals surface area contributed by atoms with E-state index in [1.807, 2.05) is 0 Å². The lowest BCUT2D eigenvalue weighted by atomic mass is 9.65. The van der Waals surface area contributed by atoms with Gasteiger partial charge in [0.05, 0.1) is 0 Å². The van der Waals surface area contributed by atoms with Gasteiger partial charge in [-0.25, -0.2) is 0 Å². The van der Waals surface area contributed by atoms with Crippen molar-refractivity contribution >= 4 is 0 Å². The monoisotopic (exact) mass is 147 g/mol. The summed E-state index contributed by atoms with van der Waals surface area (Å²) in [5, 5.41) is 0. The molecule has 1 N–H and O–H groups in total. The highest BCUT2D eigenvalue weighted by molar-refractivity contribution is 5.41. The Bertz CT molecular complexity index is 248. The van der Waals surface area contributed by atoms with Gasteiger partial charge in [0, 0.05) is 17.8 Å². The third-order valence-corrected chi connectivity index (χ3v) is 3.35. The largest absolute Gasteiger partial charge is 0.365 e. The van der Waals surface area contributed by atoms with Crippen LogP contribution in [0.15, 0.2) is 12.3 Å². The zero-order chi connectivity index (χ0) is 7.26. The van der Waals surface area contributed by atoms with Crippen LogP contribution in [0.5, 0.6) is 0 Å². The summed E-state index contributed by atoms with van der Waals surface area (Å²) in [4.78, 5) is 3.35. The molecule has 0 aliphatic heterocycles. The lowest BCUT2D eigenvalue weighted by Crippen LogP contribution is -2.26. The summed E-state index contributed by atoms with van der Waals surface area (Å²) in [6, 6.07) is 2.27. The highest BCUT2D eigenvalue weighted by Gasteiger charge is 2.39. The zero-order valence-corrected chi connectivity index (χ0v) is 6.64. The maximum absolute atomic E-state index is 3.35. The van der Waals surface area contributed by atoms with Crippen LogP contribution in [0.4, 0.5) is 0 Å². The molecule has 3 rings (SSSR count). The van der Waals surface area contributed by atoms with Crippen LogP contribution >= 0.6 is 0 Å². The SMILES string of the molecule is c1cc2c([nH]1)C1CCCCC21. The lowest BCUT2D eigenvalue weighted by molar-refractivity contribution is 0.336. The summed E-state index contributed by atoms with van der Waals surface area (Å²) in [6.45, 7) is 0. The van der Waals surface area contributed by atoms with Crippen molar-refractivity contribution in [1.82, 2.24) is 4.98 Å². The molecule has 0 radical (unpaired) electrons. The first-order valence-corrected chi connectivity index (χ1v) is 4.64. The first kappa shape index (κ1) is 5.87. The molecule has 1 aromatic rings. The van der Waals surface area contributed by atoms with E-state index < -0.39 is 0 Å². The van der Waals surface area contributed by atoms with Gasteiger partial charge < -0.3 is 4.98 Å². The fourth-order valence-electron chi connectivity index (χ4n) is 2.79. The summed E-state index contributed by atoms with van der Waals surface area (Å²) in [5.74, 6) is 1.85. The van der Waals surface area contributed by atoms with E-state index in [4.69, 9.17) is 0 Å².